The van der Waals surface area contributed by atoms with Gasteiger partial charge in [-0.1, -0.05) is 25.4 Å². The first-order valence-electron chi connectivity index (χ1n) is 7.32. The van der Waals surface area contributed by atoms with Crippen LogP contribution in [0.4, 0.5) is 5.69 Å². The summed E-state index contributed by atoms with van der Waals surface area (Å²) in [5.74, 6) is -2.89. The second-order valence-electron chi connectivity index (χ2n) is 5.68. The molecule has 0 saturated carbocycles. The van der Waals surface area contributed by atoms with Crippen molar-refractivity contribution in [1.29, 1.82) is 0 Å². The summed E-state index contributed by atoms with van der Waals surface area (Å²) < 4.78 is 0. The fourth-order valence-electron chi connectivity index (χ4n) is 1.92. The summed E-state index contributed by atoms with van der Waals surface area (Å²) in [5.41, 5.74) is -0.299. The maximum Gasteiger partial charge on any atom is 0.325 e. The zero-order valence-corrected chi connectivity index (χ0v) is 14.5. The van der Waals surface area contributed by atoms with E-state index < -0.39 is 34.8 Å². The van der Waals surface area contributed by atoms with Gasteiger partial charge in [-0.2, -0.15) is 0 Å². The van der Waals surface area contributed by atoms with Gasteiger partial charge < -0.3 is 15.7 Å². The van der Waals surface area contributed by atoms with Crippen LogP contribution >= 0.6 is 11.6 Å². The Morgan fingerprint density at radius 3 is 2.24 bits per heavy atom. The molecule has 0 saturated heterocycles. The number of non-ortho nitro benzene ring substituents is 1. The van der Waals surface area contributed by atoms with Crippen LogP contribution in [0.1, 0.15) is 31.1 Å². The summed E-state index contributed by atoms with van der Waals surface area (Å²) in [7, 11) is 0. The number of nitrogens with one attached hydrogen (secondary N) is 2. The Labute approximate surface area is 148 Å². The highest BCUT2D eigenvalue weighted by atomic mass is 35.5. The molecular weight excluding hydrogens is 354 g/mol. The third-order valence-electron chi connectivity index (χ3n) is 3.37. The average Bonchev–Trinajstić information content (AvgIpc) is 2.51. The minimum Gasteiger partial charge on any atom is -0.480 e. The molecule has 0 fully saturated rings. The Morgan fingerprint density at radius 1 is 1.20 bits per heavy atom. The van der Waals surface area contributed by atoms with Crippen LogP contribution in [-0.4, -0.2) is 39.9 Å². The monoisotopic (exact) mass is 371 g/mol. The maximum absolute atomic E-state index is 12.3. The lowest BCUT2D eigenvalue weighted by molar-refractivity contribution is -0.384. The van der Waals surface area contributed by atoms with E-state index in [4.69, 9.17) is 16.7 Å². The van der Waals surface area contributed by atoms with Gasteiger partial charge in [-0.05, 0) is 18.9 Å². The van der Waals surface area contributed by atoms with Crippen molar-refractivity contribution in [3.63, 3.8) is 0 Å². The number of amides is 2. The summed E-state index contributed by atoms with van der Waals surface area (Å²) in [6.07, 6.45) is 0. The van der Waals surface area contributed by atoms with Crippen molar-refractivity contribution in [3.8, 4) is 0 Å². The molecule has 0 spiro atoms. The standard InChI is InChI=1S/C15H18ClN3O6/c1-7(2)12(14(21)17-8(3)15(22)23)18-13(20)10-5-4-9(19(24)25)6-11(10)16/h4-8,12H,1-3H3,(H,17,21)(H,18,20)(H,22,23). The van der Waals surface area contributed by atoms with Crippen molar-refractivity contribution >= 4 is 35.1 Å². The predicted molar refractivity (Wildman–Crippen MR) is 89.4 cm³/mol. The maximum atomic E-state index is 12.3. The van der Waals surface area contributed by atoms with Gasteiger partial charge in [0.15, 0.2) is 0 Å². The number of carboxylic acids is 1. The molecule has 25 heavy (non-hydrogen) atoms. The molecule has 1 rings (SSSR count). The van der Waals surface area contributed by atoms with Crippen LogP contribution in [0.15, 0.2) is 18.2 Å². The number of aliphatic carboxylic acids is 1. The number of nitro groups is 1. The SMILES string of the molecule is CC(NC(=O)C(NC(=O)c1ccc([N+](=O)[O-])cc1Cl)C(C)C)C(=O)O. The summed E-state index contributed by atoms with van der Waals surface area (Å²) in [5, 5.41) is 24.2. The minimum absolute atomic E-state index is 0.0306. The summed E-state index contributed by atoms with van der Waals surface area (Å²) in [4.78, 5) is 45.4. The van der Waals surface area contributed by atoms with Crippen molar-refractivity contribution < 1.29 is 24.4 Å². The Morgan fingerprint density at radius 2 is 1.80 bits per heavy atom. The van der Waals surface area contributed by atoms with Gasteiger partial charge in [0.05, 0.1) is 15.5 Å². The number of carboxylic acid groups (broad SMARTS) is 1. The van der Waals surface area contributed by atoms with Crippen LogP contribution in [0.2, 0.25) is 5.02 Å². The normalized spacial score (nSPS) is 13.0. The zero-order valence-electron chi connectivity index (χ0n) is 13.8. The van der Waals surface area contributed by atoms with Gasteiger partial charge >= 0.3 is 5.97 Å². The first-order chi connectivity index (χ1) is 11.5. The Bertz CT molecular complexity index is 707. The molecule has 9 nitrogen and oxygen atoms in total. The summed E-state index contributed by atoms with van der Waals surface area (Å²) in [6, 6.07) is 1.23. The second-order valence-corrected chi connectivity index (χ2v) is 6.09. The molecule has 2 atom stereocenters. The number of nitro benzene ring substituents is 1. The molecule has 136 valence electrons. The van der Waals surface area contributed by atoms with Gasteiger partial charge in [-0.3, -0.25) is 24.5 Å². The number of halogens is 1. The molecule has 3 N–H and O–H groups in total. The largest absolute Gasteiger partial charge is 0.480 e. The highest BCUT2D eigenvalue weighted by molar-refractivity contribution is 6.34. The minimum atomic E-state index is -1.21. The molecule has 0 aliphatic heterocycles. The van der Waals surface area contributed by atoms with Gasteiger partial charge in [0, 0.05) is 12.1 Å². The smallest absolute Gasteiger partial charge is 0.325 e. The third-order valence-corrected chi connectivity index (χ3v) is 3.69. The molecule has 0 aliphatic carbocycles. The lowest BCUT2D eigenvalue weighted by Crippen LogP contribution is -2.53. The Hall–Kier alpha value is -2.68. The molecule has 0 radical (unpaired) electrons. The van der Waals surface area contributed by atoms with E-state index in [0.29, 0.717) is 0 Å². The van der Waals surface area contributed by atoms with E-state index in [1.54, 1.807) is 13.8 Å². The van der Waals surface area contributed by atoms with Crippen LogP contribution in [-0.2, 0) is 9.59 Å². The summed E-state index contributed by atoms with van der Waals surface area (Å²) >= 11 is 5.89. The number of carbonyl (C=O) groups is 3. The molecule has 0 aromatic heterocycles. The van der Waals surface area contributed by atoms with Crippen LogP contribution in [0.5, 0.6) is 0 Å². The number of hydrogen-bond donors (Lipinski definition) is 3. The van der Waals surface area contributed by atoms with Crippen molar-refractivity contribution in [3.05, 3.63) is 38.9 Å². The third kappa shape index (κ3) is 5.42. The van der Waals surface area contributed by atoms with Gasteiger partial charge in [-0.15, -0.1) is 0 Å². The first-order valence-corrected chi connectivity index (χ1v) is 7.70. The van der Waals surface area contributed by atoms with E-state index in [0.717, 1.165) is 12.1 Å². The molecule has 0 heterocycles. The van der Waals surface area contributed by atoms with Gasteiger partial charge in [-0.25, -0.2) is 0 Å². The van der Waals surface area contributed by atoms with E-state index in [-0.39, 0.29) is 22.2 Å². The number of benzene rings is 1. The average molecular weight is 372 g/mol. The highest BCUT2D eigenvalue weighted by Crippen LogP contribution is 2.22. The van der Waals surface area contributed by atoms with Crippen molar-refractivity contribution in [2.45, 2.75) is 32.9 Å². The first kappa shape index (κ1) is 20.4. The van der Waals surface area contributed by atoms with Crippen LogP contribution < -0.4 is 10.6 Å². The van der Waals surface area contributed by atoms with E-state index in [9.17, 15) is 24.5 Å². The number of nitrogens with zero attached hydrogens (tertiary/aromatic N) is 1. The van der Waals surface area contributed by atoms with E-state index in [1.165, 1.54) is 13.0 Å². The Balaban J connectivity index is 2.95. The molecule has 2 unspecified atom stereocenters. The van der Waals surface area contributed by atoms with Crippen LogP contribution in [0.25, 0.3) is 0 Å². The lowest BCUT2D eigenvalue weighted by atomic mass is 10.0. The van der Waals surface area contributed by atoms with Gasteiger partial charge in [0.1, 0.15) is 12.1 Å². The molecule has 1 aromatic carbocycles. The second kappa shape index (κ2) is 8.43. The Kier molecular flexibility index (Phi) is 6.86. The van der Waals surface area contributed by atoms with Crippen molar-refractivity contribution in [2.75, 3.05) is 0 Å². The quantitative estimate of drug-likeness (QED) is 0.491. The molecule has 0 aliphatic rings. The summed E-state index contributed by atoms with van der Waals surface area (Å²) in [6.45, 7) is 4.65. The fourth-order valence-corrected chi connectivity index (χ4v) is 2.18. The van der Waals surface area contributed by atoms with Crippen molar-refractivity contribution in [2.24, 2.45) is 5.92 Å². The van der Waals surface area contributed by atoms with Crippen LogP contribution in [0.3, 0.4) is 0 Å². The fraction of sp³-hybridized carbons (Fsp3) is 0.400. The molecular formula is C15H18ClN3O6. The molecule has 2 amide bonds. The van der Waals surface area contributed by atoms with Gasteiger partial charge in [0.25, 0.3) is 11.6 Å². The lowest BCUT2D eigenvalue weighted by Gasteiger charge is -2.23. The number of carbonyl (C=O) groups excluding carboxylic acids is 2. The molecule has 10 heteroatoms. The highest BCUT2D eigenvalue weighted by Gasteiger charge is 2.28. The van der Waals surface area contributed by atoms with Gasteiger partial charge in [0.2, 0.25) is 5.91 Å². The van der Waals surface area contributed by atoms with Crippen LogP contribution in [0, 0.1) is 16.0 Å². The number of hydrogen-bond acceptors (Lipinski definition) is 5. The zero-order chi connectivity index (χ0) is 19.3. The van der Waals surface area contributed by atoms with E-state index in [1.807, 2.05) is 0 Å². The molecule has 1 aromatic rings. The predicted octanol–water partition coefficient (Wildman–Crippen LogP) is 1.59. The topological polar surface area (TPSA) is 139 Å². The van der Waals surface area contributed by atoms with Crippen molar-refractivity contribution in [1.82, 2.24) is 10.6 Å². The van der Waals surface area contributed by atoms with E-state index >= 15 is 0 Å². The van der Waals surface area contributed by atoms with E-state index in [2.05, 4.69) is 10.6 Å². The molecule has 0 bridgehead atoms. The number of rotatable bonds is 7.